The Morgan fingerprint density at radius 1 is 1.23 bits per heavy atom. The standard InChI is InChI=1S/C7H6O4S.Li/c8-5-6-3-1-2-4-7(6)12(9,10)11;/h1-5H,(H,9,10,11);/q;+1/p-1. The number of hydrogen-bond donors (Lipinski definition) is 0. The van der Waals surface area contributed by atoms with Gasteiger partial charge in [-0.1, -0.05) is 18.2 Å². The molecule has 1 aromatic rings. The molecule has 0 aliphatic carbocycles. The van der Waals surface area contributed by atoms with Crippen LogP contribution in [0.2, 0.25) is 0 Å². The maximum absolute atomic E-state index is 10.5. The summed E-state index contributed by atoms with van der Waals surface area (Å²) in [5, 5.41) is 0. The van der Waals surface area contributed by atoms with E-state index >= 15 is 0 Å². The fraction of sp³-hybridized carbons (Fsp3) is 0. The average Bonchev–Trinajstić information content (AvgIpc) is 2.03. The normalized spacial score (nSPS) is 10.2. The largest absolute Gasteiger partial charge is 1.00 e. The van der Waals surface area contributed by atoms with Gasteiger partial charge in [-0.2, -0.15) is 0 Å². The van der Waals surface area contributed by atoms with Crippen molar-refractivity contribution in [2.75, 3.05) is 0 Å². The first-order chi connectivity index (χ1) is 5.55. The Morgan fingerprint density at radius 2 is 1.77 bits per heavy atom. The van der Waals surface area contributed by atoms with Crippen molar-refractivity contribution >= 4 is 16.4 Å². The Bertz CT molecular complexity index is 399. The fourth-order valence-corrected chi connectivity index (χ4v) is 1.46. The zero-order chi connectivity index (χ0) is 9.19. The number of carbonyl (C=O) groups is 1. The minimum atomic E-state index is -4.53. The maximum atomic E-state index is 10.5. The summed E-state index contributed by atoms with van der Waals surface area (Å²) in [6.07, 6.45) is 0.338. The van der Waals surface area contributed by atoms with Crippen LogP contribution in [0.4, 0.5) is 0 Å². The predicted octanol–water partition coefficient (Wildman–Crippen LogP) is -2.59. The monoisotopic (exact) mass is 192 g/mol. The minimum Gasteiger partial charge on any atom is -0.744 e. The van der Waals surface area contributed by atoms with E-state index in [0.717, 1.165) is 6.07 Å². The van der Waals surface area contributed by atoms with E-state index in [1.165, 1.54) is 18.2 Å². The molecular formula is C7H5LiO4S. The van der Waals surface area contributed by atoms with E-state index < -0.39 is 15.0 Å². The van der Waals surface area contributed by atoms with E-state index in [4.69, 9.17) is 0 Å². The molecular weight excluding hydrogens is 187 g/mol. The molecule has 0 saturated heterocycles. The molecule has 13 heavy (non-hydrogen) atoms. The SMILES string of the molecule is O=Cc1ccccc1S(=O)(=O)[O-].[Li+]. The Hall–Kier alpha value is -0.603. The molecule has 0 amide bonds. The second kappa shape index (κ2) is 4.58. The molecule has 0 unspecified atom stereocenters. The van der Waals surface area contributed by atoms with Crippen molar-refractivity contribution in [3.63, 3.8) is 0 Å². The van der Waals surface area contributed by atoms with Crippen molar-refractivity contribution in [1.29, 1.82) is 0 Å². The predicted molar refractivity (Wildman–Crippen MR) is 39.8 cm³/mol. The number of hydrogen-bond acceptors (Lipinski definition) is 4. The zero-order valence-corrected chi connectivity index (χ0v) is 7.74. The molecule has 0 aromatic heterocycles. The molecule has 1 aromatic carbocycles. The number of rotatable bonds is 2. The van der Waals surface area contributed by atoms with Crippen molar-refractivity contribution in [2.45, 2.75) is 4.90 Å². The van der Waals surface area contributed by atoms with Crippen LogP contribution >= 0.6 is 0 Å². The molecule has 0 fully saturated rings. The summed E-state index contributed by atoms with van der Waals surface area (Å²) in [6.45, 7) is 0. The van der Waals surface area contributed by atoms with E-state index in [0.29, 0.717) is 6.29 Å². The molecule has 6 heteroatoms. The second-order valence-electron chi connectivity index (χ2n) is 2.11. The van der Waals surface area contributed by atoms with Gasteiger partial charge in [0, 0.05) is 5.56 Å². The summed E-state index contributed by atoms with van der Waals surface area (Å²) in [5.74, 6) is 0. The molecule has 4 nitrogen and oxygen atoms in total. The molecule has 64 valence electrons. The summed E-state index contributed by atoms with van der Waals surface area (Å²) in [5.41, 5.74) is -0.104. The smallest absolute Gasteiger partial charge is 0.744 e. The number of aldehydes is 1. The van der Waals surface area contributed by atoms with Crippen LogP contribution < -0.4 is 18.9 Å². The van der Waals surface area contributed by atoms with Crippen molar-refractivity contribution in [2.24, 2.45) is 0 Å². The van der Waals surface area contributed by atoms with E-state index in [1.54, 1.807) is 0 Å². The van der Waals surface area contributed by atoms with E-state index in [1.807, 2.05) is 0 Å². The van der Waals surface area contributed by atoms with Crippen molar-refractivity contribution < 1.29 is 36.6 Å². The van der Waals surface area contributed by atoms with Crippen LogP contribution in [-0.4, -0.2) is 19.3 Å². The molecule has 0 radical (unpaired) electrons. The van der Waals surface area contributed by atoms with Gasteiger partial charge in [-0.05, 0) is 6.07 Å². The average molecular weight is 192 g/mol. The van der Waals surface area contributed by atoms with Gasteiger partial charge in [0.25, 0.3) is 0 Å². The summed E-state index contributed by atoms with van der Waals surface area (Å²) in [7, 11) is -4.53. The van der Waals surface area contributed by atoms with Gasteiger partial charge in [0.15, 0.2) is 6.29 Å². The Balaban J connectivity index is 0.00000144. The molecule has 0 saturated carbocycles. The molecule has 0 spiro atoms. The molecule has 0 heterocycles. The summed E-state index contributed by atoms with van der Waals surface area (Å²) < 4.78 is 31.5. The maximum Gasteiger partial charge on any atom is 1.00 e. The van der Waals surface area contributed by atoms with Crippen LogP contribution in [-0.2, 0) is 10.1 Å². The molecule has 0 bridgehead atoms. The van der Waals surface area contributed by atoms with Crippen LogP contribution in [0.5, 0.6) is 0 Å². The molecule has 0 aliphatic rings. The first-order valence-corrected chi connectivity index (χ1v) is 4.46. The van der Waals surface area contributed by atoms with Gasteiger partial charge >= 0.3 is 18.9 Å². The van der Waals surface area contributed by atoms with Gasteiger partial charge < -0.3 is 4.55 Å². The van der Waals surface area contributed by atoms with Gasteiger partial charge in [0.05, 0.1) is 4.90 Å². The van der Waals surface area contributed by atoms with Gasteiger partial charge in [0.2, 0.25) is 0 Å². The Morgan fingerprint density at radius 3 is 2.15 bits per heavy atom. The van der Waals surface area contributed by atoms with Crippen LogP contribution in [0, 0.1) is 0 Å². The summed E-state index contributed by atoms with van der Waals surface area (Å²) in [4.78, 5) is 9.80. The Labute approximate surface area is 87.9 Å². The summed E-state index contributed by atoms with van der Waals surface area (Å²) >= 11 is 0. The third-order valence-electron chi connectivity index (χ3n) is 1.32. The van der Waals surface area contributed by atoms with Crippen LogP contribution in [0.3, 0.4) is 0 Å². The van der Waals surface area contributed by atoms with Crippen molar-refractivity contribution in [3.8, 4) is 0 Å². The van der Waals surface area contributed by atoms with E-state index in [-0.39, 0.29) is 24.4 Å². The van der Waals surface area contributed by atoms with Gasteiger partial charge in [-0.3, -0.25) is 4.79 Å². The third kappa shape index (κ3) is 2.97. The molecule has 0 aliphatic heterocycles. The number of benzene rings is 1. The Kier molecular flexibility index (Phi) is 4.37. The first-order valence-electron chi connectivity index (χ1n) is 3.06. The fourth-order valence-electron chi connectivity index (χ4n) is 0.806. The zero-order valence-electron chi connectivity index (χ0n) is 6.93. The molecule has 0 atom stereocenters. The second-order valence-corrected chi connectivity index (χ2v) is 3.46. The minimum absolute atomic E-state index is 0. The van der Waals surface area contributed by atoms with Crippen LogP contribution in [0.1, 0.15) is 10.4 Å². The molecule has 1 rings (SSSR count). The molecule has 0 N–H and O–H groups in total. The quantitative estimate of drug-likeness (QED) is 0.293. The van der Waals surface area contributed by atoms with Crippen LogP contribution in [0.15, 0.2) is 29.2 Å². The summed E-state index contributed by atoms with van der Waals surface area (Å²) in [6, 6.07) is 5.25. The van der Waals surface area contributed by atoms with E-state index in [9.17, 15) is 17.8 Å². The topological polar surface area (TPSA) is 74.3 Å². The number of carbonyl (C=O) groups excluding carboxylic acids is 1. The van der Waals surface area contributed by atoms with Crippen LogP contribution in [0.25, 0.3) is 0 Å². The van der Waals surface area contributed by atoms with Gasteiger partial charge in [-0.15, -0.1) is 0 Å². The van der Waals surface area contributed by atoms with Gasteiger partial charge in [0.1, 0.15) is 10.1 Å². The first kappa shape index (κ1) is 12.4. The van der Waals surface area contributed by atoms with E-state index in [2.05, 4.69) is 0 Å². The third-order valence-corrected chi connectivity index (χ3v) is 2.23. The van der Waals surface area contributed by atoms with Gasteiger partial charge in [-0.25, -0.2) is 8.42 Å². The van der Waals surface area contributed by atoms with Crippen molar-refractivity contribution in [3.05, 3.63) is 29.8 Å². The van der Waals surface area contributed by atoms with Crippen molar-refractivity contribution in [1.82, 2.24) is 0 Å².